The highest BCUT2D eigenvalue weighted by Crippen LogP contribution is 2.26. The lowest BCUT2D eigenvalue weighted by Crippen LogP contribution is -2.35. The van der Waals surface area contributed by atoms with Crippen LogP contribution in [0.5, 0.6) is 0 Å². The van der Waals surface area contributed by atoms with Crippen LogP contribution in [-0.4, -0.2) is 17.5 Å². The molecule has 1 aromatic carbocycles. The van der Waals surface area contributed by atoms with Gasteiger partial charge in [0.1, 0.15) is 10.7 Å². The molecule has 2 aromatic rings. The van der Waals surface area contributed by atoms with Crippen molar-refractivity contribution in [2.75, 3.05) is 11.4 Å². The largest absolute Gasteiger partial charge is 0.433 e. The Bertz CT molecular complexity index is 653. The van der Waals surface area contributed by atoms with Gasteiger partial charge in [-0.2, -0.15) is 0 Å². The molecular formula is C15H17N3O3. The predicted molar refractivity (Wildman–Crippen MR) is 79.2 cm³/mol. The van der Waals surface area contributed by atoms with Crippen LogP contribution in [0.4, 0.5) is 11.6 Å². The molecule has 6 heteroatoms. The summed E-state index contributed by atoms with van der Waals surface area (Å²) in [5, 5.41) is 14.2. The molecule has 1 aliphatic heterocycles. The zero-order valence-corrected chi connectivity index (χ0v) is 11.8. The van der Waals surface area contributed by atoms with Crippen molar-refractivity contribution in [1.29, 1.82) is 0 Å². The van der Waals surface area contributed by atoms with E-state index in [4.69, 9.17) is 4.42 Å². The number of para-hydroxylation sites is 1. The number of nitrogens with one attached hydrogen (secondary N) is 1. The summed E-state index contributed by atoms with van der Waals surface area (Å²) < 4.78 is 5.28. The molecule has 6 nitrogen and oxygen atoms in total. The Balaban J connectivity index is 1.87. The topological polar surface area (TPSA) is 71.5 Å². The van der Waals surface area contributed by atoms with Crippen LogP contribution in [0.1, 0.15) is 18.2 Å². The zero-order chi connectivity index (χ0) is 14.8. The minimum Gasteiger partial charge on any atom is -0.404 e. The van der Waals surface area contributed by atoms with E-state index in [2.05, 4.69) is 29.3 Å². The van der Waals surface area contributed by atoms with Gasteiger partial charge in [0.25, 0.3) is 0 Å². The average molecular weight is 287 g/mol. The second-order valence-electron chi connectivity index (χ2n) is 5.29. The fourth-order valence-corrected chi connectivity index (χ4v) is 2.63. The van der Waals surface area contributed by atoms with Gasteiger partial charge in [-0.15, -0.1) is 0 Å². The van der Waals surface area contributed by atoms with Crippen LogP contribution in [-0.2, 0) is 13.1 Å². The van der Waals surface area contributed by atoms with Gasteiger partial charge in [-0.05, 0) is 24.6 Å². The Hall–Kier alpha value is -2.34. The van der Waals surface area contributed by atoms with Gasteiger partial charge in [0.05, 0.1) is 12.6 Å². The molecular weight excluding hydrogens is 270 g/mol. The fourth-order valence-electron chi connectivity index (χ4n) is 2.63. The quantitative estimate of drug-likeness (QED) is 0.694. The standard InChI is InChI=1S/C15H17N3O3/c1-11-9-17(10-13-6-7-15(21-13)18(19)20)14-5-3-2-4-12(14)8-16-11/h2-7,11,16H,8-10H2,1H3. The third kappa shape index (κ3) is 2.90. The number of nitro groups is 1. The highest BCUT2D eigenvalue weighted by molar-refractivity contribution is 5.54. The van der Waals surface area contributed by atoms with E-state index in [1.807, 2.05) is 12.1 Å². The second-order valence-corrected chi connectivity index (χ2v) is 5.29. The second kappa shape index (κ2) is 5.57. The van der Waals surface area contributed by atoms with Crippen LogP contribution >= 0.6 is 0 Å². The van der Waals surface area contributed by atoms with Crippen molar-refractivity contribution in [3.05, 3.63) is 57.8 Å². The van der Waals surface area contributed by atoms with E-state index in [0.717, 1.165) is 18.8 Å². The van der Waals surface area contributed by atoms with E-state index in [-0.39, 0.29) is 5.88 Å². The van der Waals surface area contributed by atoms with Gasteiger partial charge < -0.3 is 14.6 Å². The highest BCUT2D eigenvalue weighted by Gasteiger charge is 2.21. The van der Waals surface area contributed by atoms with Crippen molar-refractivity contribution in [2.45, 2.75) is 26.1 Å². The van der Waals surface area contributed by atoms with Crippen LogP contribution in [0.25, 0.3) is 0 Å². The molecule has 0 bridgehead atoms. The maximum atomic E-state index is 10.7. The van der Waals surface area contributed by atoms with Crippen molar-refractivity contribution in [2.24, 2.45) is 0 Å². The summed E-state index contributed by atoms with van der Waals surface area (Å²) in [5.41, 5.74) is 2.37. The Morgan fingerprint density at radius 1 is 1.38 bits per heavy atom. The summed E-state index contributed by atoms with van der Waals surface area (Å²) in [6, 6.07) is 11.6. The summed E-state index contributed by atoms with van der Waals surface area (Å²) >= 11 is 0. The summed E-state index contributed by atoms with van der Waals surface area (Å²) in [6.45, 7) is 4.30. The number of nitrogens with zero attached hydrogens (tertiary/aromatic N) is 2. The molecule has 1 aliphatic rings. The molecule has 0 saturated heterocycles. The number of hydrogen-bond acceptors (Lipinski definition) is 5. The van der Waals surface area contributed by atoms with Crippen LogP contribution in [0.3, 0.4) is 0 Å². The molecule has 0 fully saturated rings. The molecule has 0 saturated carbocycles. The number of furan rings is 1. The van der Waals surface area contributed by atoms with Crippen molar-refractivity contribution in [1.82, 2.24) is 5.32 Å². The number of benzene rings is 1. The Kier molecular flexibility index (Phi) is 3.62. The molecule has 1 N–H and O–H groups in total. The van der Waals surface area contributed by atoms with Crippen LogP contribution in [0.2, 0.25) is 0 Å². The molecule has 1 atom stereocenters. The summed E-state index contributed by atoms with van der Waals surface area (Å²) in [4.78, 5) is 12.4. The van der Waals surface area contributed by atoms with Crippen molar-refractivity contribution in [3.63, 3.8) is 0 Å². The average Bonchev–Trinajstić information content (AvgIpc) is 2.87. The van der Waals surface area contributed by atoms with Crippen LogP contribution in [0.15, 0.2) is 40.8 Å². The Morgan fingerprint density at radius 3 is 2.95 bits per heavy atom. The smallest absolute Gasteiger partial charge is 0.404 e. The molecule has 0 aliphatic carbocycles. The van der Waals surface area contributed by atoms with Gasteiger partial charge in [-0.1, -0.05) is 18.2 Å². The summed E-state index contributed by atoms with van der Waals surface area (Å²) in [6.07, 6.45) is 0. The van der Waals surface area contributed by atoms with Gasteiger partial charge in [0, 0.05) is 24.8 Å². The Labute approximate surface area is 122 Å². The first kappa shape index (κ1) is 13.6. The molecule has 0 radical (unpaired) electrons. The SMILES string of the molecule is CC1CN(Cc2ccc([N+](=O)[O-])o2)c2ccccc2CN1. The number of fused-ring (bicyclic) bond motifs is 1. The summed E-state index contributed by atoms with van der Waals surface area (Å²) in [5.74, 6) is 0.393. The lowest BCUT2D eigenvalue weighted by atomic mass is 10.1. The molecule has 1 aromatic heterocycles. The van der Waals surface area contributed by atoms with E-state index >= 15 is 0 Å². The van der Waals surface area contributed by atoms with Crippen LogP contribution < -0.4 is 10.2 Å². The van der Waals surface area contributed by atoms with Gasteiger partial charge in [-0.25, -0.2) is 0 Å². The zero-order valence-electron chi connectivity index (χ0n) is 11.8. The van der Waals surface area contributed by atoms with Crippen molar-refractivity contribution >= 4 is 11.6 Å². The van der Waals surface area contributed by atoms with Gasteiger partial charge in [0.15, 0.2) is 0 Å². The number of rotatable bonds is 3. The first-order chi connectivity index (χ1) is 10.1. The monoisotopic (exact) mass is 287 g/mol. The molecule has 21 heavy (non-hydrogen) atoms. The summed E-state index contributed by atoms with van der Waals surface area (Å²) in [7, 11) is 0. The van der Waals surface area contributed by atoms with Gasteiger partial charge >= 0.3 is 5.88 Å². The molecule has 0 spiro atoms. The Morgan fingerprint density at radius 2 is 2.19 bits per heavy atom. The lowest BCUT2D eigenvalue weighted by molar-refractivity contribution is -0.402. The maximum absolute atomic E-state index is 10.7. The minimum atomic E-state index is -0.510. The third-order valence-corrected chi connectivity index (χ3v) is 3.64. The van der Waals surface area contributed by atoms with E-state index in [0.29, 0.717) is 18.3 Å². The van der Waals surface area contributed by atoms with Crippen LogP contribution in [0, 0.1) is 10.1 Å². The van der Waals surface area contributed by atoms with E-state index in [9.17, 15) is 10.1 Å². The maximum Gasteiger partial charge on any atom is 0.433 e. The van der Waals surface area contributed by atoms with Gasteiger partial charge in [-0.3, -0.25) is 10.1 Å². The predicted octanol–water partition coefficient (Wildman–Crippen LogP) is 2.69. The number of hydrogen-bond donors (Lipinski definition) is 1. The minimum absolute atomic E-state index is 0.209. The van der Waals surface area contributed by atoms with E-state index in [1.54, 1.807) is 6.07 Å². The molecule has 110 valence electrons. The van der Waals surface area contributed by atoms with E-state index < -0.39 is 4.92 Å². The molecule has 3 rings (SSSR count). The first-order valence-electron chi connectivity index (χ1n) is 6.93. The van der Waals surface area contributed by atoms with Crippen molar-refractivity contribution in [3.8, 4) is 0 Å². The molecule has 1 unspecified atom stereocenters. The third-order valence-electron chi connectivity index (χ3n) is 3.64. The molecule has 0 amide bonds. The lowest BCUT2D eigenvalue weighted by Gasteiger charge is -2.25. The normalized spacial score (nSPS) is 18.1. The molecule has 2 heterocycles. The van der Waals surface area contributed by atoms with E-state index in [1.165, 1.54) is 11.6 Å². The van der Waals surface area contributed by atoms with Gasteiger partial charge in [0.2, 0.25) is 0 Å². The number of anilines is 1. The highest BCUT2D eigenvalue weighted by atomic mass is 16.6. The first-order valence-corrected chi connectivity index (χ1v) is 6.93. The van der Waals surface area contributed by atoms with Crippen molar-refractivity contribution < 1.29 is 9.34 Å². The fraction of sp³-hybridized carbons (Fsp3) is 0.333.